The molecule has 0 aliphatic heterocycles. The molecule has 152 valence electrons. The Labute approximate surface area is 169 Å². The summed E-state index contributed by atoms with van der Waals surface area (Å²) in [6.45, 7) is 13.6. The molecule has 5 heteroatoms. The van der Waals surface area contributed by atoms with E-state index in [-0.39, 0.29) is 23.0 Å². The lowest BCUT2D eigenvalue weighted by Gasteiger charge is -2.17. The van der Waals surface area contributed by atoms with E-state index in [1.807, 2.05) is 27.7 Å². The number of carbonyl (C=O) groups is 2. The van der Waals surface area contributed by atoms with Crippen LogP contribution in [0.3, 0.4) is 0 Å². The maximum Gasteiger partial charge on any atom is 0.181 e. The number of hydrogen-bond acceptors (Lipinski definition) is 4. The lowest BCUT2D eigenvalue weighted by Crippen LogP contribution is -2.26. The van der Waals surface area contributed by atoms with Gasteiger partial charge in [0, 0.05) is 23.9 Å². The molecule has 2 rings (SSSR count). The smallest absolute Gasteiger partial charge is 0.181 e. The molecule has 0 heterocycles. The third-order valence-corrected chi connectivity index (χ3v) is 3.37. The number of nitrogens with zero attached hydrogens (tertiary/aromatic N) is 1. The average Bonchev–Trinajstić information content (AvgIpc) is 2.67. The average molecular weight is 395 g/mol. The molecule has 1 aliphatic carbocycles. The molecule has 0 atom stereocenters. The number of nitrogens with two attached hydrogens (primary N) is 1. The fraction of sp³-hybridized carbons (Fsp3) is 0.500. The molecule has 0 bridgehead atoms. The minimum atomic E-state index is -0.242. The molecular formula is C22H35ClN2O2. The summed E-state index contributed by atoms with van der Waals surface area (Å²) in [5.74, 6) is -0.330. The second kappa shape index (κ2) is 16.2. The molecule has 4 nitrogen and oxygen atoms in total. The maximum atomic E-state index is 12.1. The van der Waals surface area contributed by atoms with Crippen molar-refractivity contribution in [1.29, 1.82) is 0 Å². The lowest BCUT2D eigenvalue weighted by atomic mass is 9.89. The van der Waals surface area contributed by atoms with Crippen LogP contribution in [0.5, 0.6) is 0 Å². The van der Waals surface area contributed by atoms with Gasteiger partial charge in [-0.25, -0.2) is 4.99 Å². The molecule has 1 fully saturated rings. The Bertz CT molecular complexity index is 649. The predicted molar refractivity (Wildman–Crippen MR) is 118 cm³/mol. The van der Waals surface area contributed by atoms with E-state index in [1.165, 1.54) is 13.3 Å². The van der Waals surface area contributed by atoms with Crippen molar-refractivity contribution in [3.05, 3.63) is 40.6 Å². The molecule has 0 amide bonds. The molecule has 0 aromatic heterocycles. The number of benzene rings is 1. The Morgan fingerprint density at radius 2 is 1.70 bits per heavy atom. The van der Waals surface area contributed by atoms with Crippen LogP contribution in [-0.4, -0.2) is 17.3 Å². The third kappa shape index (κ3) is 10.1. The van der Waals surface area contributed by atoms with Crippen LogP contribution < -0.4 is 5.73 Å². The first kappa shape index (κ1) is 27.3. The van der Waals surface area contributed by atoms with E-state index in [0.717, 1.165) is 0 Å². The highest BCUT2D eigenvalue weighted by Gasteiger charge is 2.25. The number of ketones is 2. The number of hydrogen-bond donors (Lipinski definition) is 1. The predicted octanol–water partition coefficient (Wildman–Crippen LogP) is 6.44. The van der Waals surface area contributed by atoms with E-state index in [9.17, 15) is 9.59 Å². The van der Waals surface area contributed by atoms with Crippen LogP contribution in [0.15, 0.2) is 40.5 Å². The van der Waals surface area contributed by atoms with Gasteiger partial charge < -0.3 is 5.73 Å². The quantitative estimate of drug-likeness (QED) is 0.586. The second-order valence-electron chi connectivity index (χ2n) is 5.37. The topological polar surface area (TPSA) is 72.5 Å². The fourth-order valence-corrected chi connectivity index (χ4v) is 2.29. The second-order valence-corrected chi connectivity index (χ2v) is 5.81. The number of carbonyl (C=O) groups excluding carboxylic acids is 2. The van der Waals surface area contributed by atoms with E-state index >= 15 is 0 Å². The van der Waals surface area contributed by atoms with E-state index in [1.54, 1.807) is 24.3 Å². The van der Waals surface area contributed by atoms with Crippen molar-refractivity contribution in [1.82, 2.24) is 0 Å². The van der Waals surface area contributed by atoms with Gasteiger partial charge in [0.15, 0.2) is 11.6 Å². The van der Waals surface area contributed by atoms with Gasteiger partial charge in [-0.05, 0) is 31.0 Å². The summed E-state index contributed by atoms with van der Waals surface area (Å²) in [6, 6.07) is 6.90. The van der Waals surface area contributed by atoms with Gasteiger partial charge in [0.2, 0.25) is 0 Å². The van der Waals surface area contributed by atoms with Crippen LogP contribution in [-0.2, 0) is 9.59 Å². The largest absolute Gasteiger partial charge is 0.396 e. The minimum absolute atomic E-state index is 0.0876. The zero-order valence-electron chi connectivity index (χ0n) is 17.9. The van der Waals surface area contributed by atoms with Gasteiger partial charge in [0.25, 0.3) is 0 Å². The monoisotopic (exact) mass is 394 g/mol. The Kier molecular flexibility index (Phi) is 16.4. The molecule has 0 radical (unpaired) electrons. The molecule has 0 unspecified atom stereocenters. The Hall–Kier alpha value is -1.94. The molecular weight excluding hydrogens is 360 g/mol. The van der Waals surface area contributed by atoms with E-state index in [2.05, 4.69) is 18.8 Å². The molecule has 0 spiro atoms. The van der Waals surface area contributed by atoms with Crippen molar-refractivity contribution in [3.63, 3.8) is 0 Å². The third-order valence-electron chi connectivity index (χ3n) is 3.13. The normalized spacial score (nSPS) is 16.0. The van der Waals surface area contributed by atoms with Gasteiger partial charge in [0.05, 0.1) is 11.4 Å². The standard InChI is InChI=1S/C15H15ClN2O2.C3H8.2C2H6/c1-9(19)14(17)12-6-3-7-13(20)15(12)18-11-5-2-4-10(16)8-11;1-3-2;2*1-2/h2,4-5,8H,3,6-7,17H2,1H3;3H2,1-2H3;2*1-2H3/b14-12-,18-15?;;;. The first-order valence-corrected chi connectivity index (χ1v) is 10.2. The van der Waals surface area contributed by atoms with Gasteiger partial charge >= 0.3 is 0 Å². The summed E-state index contributed by atoms with van der Waals surface area (Å²) in [4.78, 5) is 27.8. The highest BCUT2D eigenvalue weighted by Crippen LogP contribution is 2.25. The molecule has 1 aromatic carbocycles. The van der Waals surface area contributed by atoms with Gasteiger partial charge in [-0.1, -0.05) is 65.6 Å². The van der Waals surface area contributed by atoms with Gasteiger partial charge in [-0.2, -0.15) is 0 Å². The van der Waals surface area contributed by atoms with Gasteiger partial charge in [0.1, 0.15) is 5.71 Å². The van der Waals surface area contributed by atoms with E-state index in [4.69, 9.17) is 17.3 Å². The van der Waals surface area contributed by atoms with Crippen LogP contribution in [0.1, 0.15) is 74.1 Å². The molecule has 1 aliphatic rings. The van der Waals surface area contributed by atoms with Crippen LogP contribution in [0, 0.1) is 0 Å². The summed E-state index contributed by atoms with van der Waals surface area (Å²) in [7, 11) is 0. The van der Waals surface area contributed by atoms with Crippen LogP contribution in [0.4, 0.5) is 5.69 Å². The Morgan fingerprint density at radius 3 is 2.19 bits per heavy atom. The van der Waals surface area contributed by atoms with E-state index < -0.39 is 0 Å². The zero-order valence-corrected chi connectivity index (χ0v) is 18.6. The number of aliphatic imine (C=N–C) groups is 1. The van der Waals surface area contributed by atoms with Crippen molar-refractivity contribution in [3.8, 4) is 0 Å². The van der Waals surface area contributed by atoms with Crippen LogP contribution in [0.25, 0.3) is 0 Å². The molecule has 0 saturated heterocycles. The summed E-state index contributed by atoms with van der Waals surface area (Å²) in [5.41, 5.74) is 7.34. The summed E-state index contributed by atoms with van der Waals surface area (Å²) < 4.78 is 0. The van der Waals surface area contributed by atoms with E-state index in [0.29, 0.717) is 35.5 Å². The first-order valence-electron chi connectivity index (χ1n) is 9.78. The minimum Gasteiger partial charge on any atom is -0.396 e. The van der Waals surface area contributed by atoms with Crippen molar-refractivity contribution >= 4 is 34.6 Å². The summed E-state index contributed by atoms with van der Waals surface area (Å²) >= 11 is 5.90. The molecule has 27 heavy (non-hydrogen) atoms. The molecule has 1 aromatic rings. The highest BCUT2D eigenvalue weighted by atomic mass is 35.5. The molecule has 2 N–H and O–H groups in total. The number of halogens is 1. The van der Waals surface area contributed by atoms with Gasteiger partial charge in [-0.3, -0.25) is 9.59 Å². The Morgan fingerprint density at radius 1 is 1.15 bits per heavy atom. The Balaban J connectivity index is 0. The highest BCUT2D eigenvalue weighted by molar-refractivity contribution is 6.48. The van der Waals surface area contributed by atoms with Crippen molar-refractivity contribution in [2.75, 3.05) is 0 Å². The van der Waals surface area contributed by atoms with Crippen LogP contribution in [0.2, 0.25) is 5.02 Å². The summed E-state index contributed by atoms with van der Waals surface area (Å²) in [5, 5.41) is 0.542. The maximum absolute atomic E-state index is 12.1. The zero-order chi connectivity index (χ0) is 21.4. The number of Topliss-reactive ketones (excluding diaryl/α,β-unsaturated/α-hetero) is 2. The number of rotatable bonds is 2. The first-order chi connectivity index (χ1) is 12.9. The summed E-state index contributed by atoms with van der Waals surface area (Å²) in [6.07, 6.45) is 2.96. The SMILES string of the molecule is CC.CC.CC(=O)/C(N)=C1\CCCC(=O)C1=Nc1cccc(Cl)c1.CCC. The van der Waals surface area contributed by atoms with Gasteiger partial charge in [-0.15, -0.1) is 0 Å². The van der Waals surface area contributed by atoms with Crippen molar-refractivity contribution < 1.29 is 9.59 Å². The molecule has 1 saturated carbocycles. The van der Waals surface area contributed by atoms with Crippen LogP contribution >= 0.6 is 11.6 Å². The number of allylic oxidation sites excluding steroid dienone is 2. The van der Waals surface area contributed by atoms with Crippen molar-refractivity contribution in [2.24, 2.45) is 10.7 Å². The lowest BCUT2D eigenvalue weighted by molar-refractivity contribution is -0.113. The van der Waals surface area contributed by atoms with Crippen molar-refractivity contribution in [2.45, 2.75) is 74.1 Å². The fourth-order valence-electron chi connectivity index (χ4n) is 2.11.